The molecule has 2 N–H and O–H groups in total. The third kappa shape index (κ3) is 6.60. The average molecular weight is 400 g/mol. The normalized spacial score (nSPS) is 16.0. The Labute approximate surface area is 173 Å². The second-order valence-electron chi connectivity index (χ2n) is 7.37. The van der Waals surface area contributed by atoms with Crippen LogP contribution in [0.15, 0.2) is 35.5 Å². The van der Waals surface area contributed by atoms with Gasteiger partial charge in [0, 0.05) is 24.2 Å². The van der Waals surface area contributed by atoms with E-state index < -0.39 is 0 Å². The summed E-state index contributed by atoms with van der Waals surface area (Å²) in [7, 11) is 0. The quantitative estimate of drug-likeness (QED) is 0.544. The molecule has 0 amide bonds. The van der Waals surface area contributed by atoms with Crippen LogP contribution in [0, 0.1) is 6.92 Å². The number of thiazole rings is 1. The summed E-state index contributed by atoms with van der Waals surface area (Å²) in [5.41, 5.74) is 2.72. The van der Waals surface area contributed by atoms with Crippen molar-refractivity contribution >= 4 is 17.3 Å². The fourth-order valence-corrected chi connectivity index (χ4v) is 4.28. The number of guanidine groups is 1. The molecule has 2 aromatic rings. The lowest BCUT2D eigenvalue weighted by Gasteiger charge is -2.21. The van der Waals surface area contributed by atoms with E-state index in [1.54, 1.807) is 11.3 Å². The van der Waals surface area contributed by atoms with E-state index >= 15 is 0 Å². The molecule has 0 aliphatic carbocycles. The molecule has 5 nitrogen and oxygen atoms in total. The molecular formula is C22H33N5S. The topological polar surface area (TPSA) is 52.6 Å². The summed E-state index contributed by atoms with van der Waals surface area (Å²) in [4.78, 5) is 13.1. The summed E-state index contributed by atoms with van der Waals surface area (Å²) in [6.45, 7) is 9.89. The monoisotopic (exact) mass is 399 g/mol. The molecule has 152 valence electrons. The summed E-state index contributed by atoms with van der Waals surface area (Å²) in [5.74, 6) is 0.847. The lowest BCUT2D eigenvalue weighted by molar-refractivity contribution is 0.276. The highest BCUT2D eigenvalue weighted by Crippen LogP contribution is 2.17. The van der Waals surface area contributed by atoms with Crippen LogP contribution >= 0.6 is 11.3 Å². The molecule has 1 aliphatic rings. The molecule has 3 rings (SSSR count). The molecule has 6 heteroatoms. The standard InChI is InChI=1S/C22H33N5S/c1-3-23-22(26-16-21-24-14-18(2)28-21)25-15-19-10-6-7-11-20(19)17-27-12-8-4-5-9-13-27/h6-7,10-11,14H,3-5,8-9,12-13,15-17H2,1-2H3,(H2,23,25,26). The number of aromatic nitrogens is 1. The van der Waals surface area contributed by atoms with Gasteiger partial charge in [-0.15, -0.1) is 11.3 Å². The van der Waals surface area contributed by atoms with Crippen LogP contribution in [0.3, 0.4) is 0 Å². The minimum atomic E-state index is 0.691. The highest BCUT2D eigenvalue weighted by atomic mass is 32.1. The number of rotatable bonds is 7. The number of aryl methyl sites for hydroxylation is 1. The largest absolute Gasteiger partial charge is 0.357 e. The van der Waals surface area contributed by atoms with Crippen molar-refractivity contribution in [2.24, 2.45) is 4.99 Å². The van der Waals surface area contributed by atoms with Crippen LogP contribution in [0.2, 0.25) is 0 Å². The summed E-state index contributed by atoms with van der Waals surface area (Å²) in [6.07, 6.45) is 7.32. The van der Waals surface area contributed by atoms with Gasteiger partial charge in [-0.25, -0.2) is 9.98 Å². The van der Waals surface area contributed by atoms with E-state index in [4.69, 9.17) is 4.99 Å². The van der Waals surface area contributed by atoms with Crippen molar-refractivity contribution in [2.75, 3.05) is 19.6 Å². The zero-order valence-corrected chi connectivity index (χ0v) is 18.0. The molecule has 0 radical (unpaired) electrons. The van der Waals surface area contributed by atoms with Gasteiger partial charge >= 0.3 is 0 Å². The average Bonchev–Trinajstić information content (AvgIpc) is 2.95. The summed E-state index contributed by atoms with van der Waals surface area (Å²) in [6, 6.07) is 8.74. The number of aliphatic imine (C=N–C) groups is 1. The Hall–Kier alpha value is -1.92. The zero-order valence-electron chi connectivity index (χ0n) is 17.2. The SMILES string of the molecule is CCNC(=NCc1ccccc1CN1CCCCCC1)NCc1ncc(C)s1. The van der Waals surface area contributed by atoms with Gasteiger partial charge in [-0.2, -0.15) is 0 Å². The smallest absolute Gasteiger partial charge is 0.191 e. The van der Waals surface area contributed by atoms with Crippen LogP contribution in [0.5, 0.6) is 0 Å². The fourth-order valence-electron chi connectivity index (χ4n) is 3.55. The van der Waals surface area contributed by atoms with Gasteiger partial charge in [-0.3, -0.25) is 4.90 Å². The Balaban J connectivity index is 1.62. The van der Waals surface area contributed by atoms with Crippen molar-refractivity contribution in [3.63, 3.8) is 0 Å². The van der Waals surface area contributed by atoms with Gasteiger partial charge < -0.3 is 10.6 Å². The van der Waals surface area contributed by atoms with Gasteiger partial charge in [0.1, 0.15) is 5.01 Å². The van der Waals surface area contributed by atoms with Crippen molar-refractivity contribution in [1.29, 1.82) is 0 Å². The maximum Gasteiger partial charge on any atom is 0.191 e. The zero-order chi connectivity index (χ0) is 19.6. The highest BCUT2D eigenvalue weighted by Gasteiger charge is 2.11. The predicted octanol–water partition coefficient (Wildman–Crippen LogP) is 4.08. The Morgan fingerprint density at radius 3 is 2.54 bits per heavy atom. The van der Waals surface area contributed by atoms with E-state index in [0.717, 1.165) is 24.1 Å². The lowest BCUT2D eigenvalue weighted by Crippen LogP contribution is -2.36. The molecule has 1 aromatic carbocycles. The number of hydrogen-bond acceptors (Lipinski definition) is 4. The Morgan fingerprint density at radius 1 is 1.11 bits per heavy atom. The molecule has 2 heterocycles. The predicted molar refractivity (Wildman–Crippen MR) is 119 cm³/mol. The number of nitrogens with zero attached hydrogens (tertiary/aromatic N) is 3. The van der Waals surface area contributed by atoms with E-state index in [2.05, 4.69) is 58.6 Å². The molecule has 0 saturated carbocycles. The number of likely N-dealkylation sites (tertiary alicyclic amines) is 1. The molecule has 1 saturated heterocycles. The molecule has 0 bridgehead atoms. The van der Waals surface area contributed by atoms with E-state index in [1.807, 2.05) is 6.20 Å². The van der Waals surface area contributed by atoms with E-state index in [1.165, 1.54) is 54.8 Å². The van der Waals surface area contributed by atoms with E-state index in [-0.39, 0.29) is 0 Å². The van der Waals surface area contributed by atoms with Crippen molar-refractivity contribution in [2.45, 2.75) is 59.2 Å². The molecule has 28 heavy (non-hydrogen) atoms. The molecule has 1 fully saturated rings. The maximum atomic E-state index is 4.83. The second kappa shape index (κ2) is 11.2. The van der Waals surface area contributed by atoms with Crippen LogP contribution in [0.25, 0.3) is 0 Å². The fraction of sp³-hybridized carbons (Fsp3) is 0.545. The van der Waals surface area contributed by atoms with Crippen LogP contribution in [-0.4, -0.2) is 35.5 Å². The molecule has 1 aromatic heterocycles. The molecule has 0 unspecified atom stereocenters. The van der Waals surface area contributed by atoms with Crippen LogP contribution in [0.4, 0.5) is 0 Å². The van der Waals surface area contributed by atoms with Gasteiger partial charge in [0.2, 0.25) is 0 Å². The minimum absolute atomic E-state index is 0.691. The first-order valence-corrected chi connectivity index (χ1v) is 11.3. The molecule has 0 atom stereocenters. The highest BCUT2D eigenvalue weighted by molar-refractivity contribution is 7.11. The van der Waals surface area contributed by atoms with Crippen molar-refractivity contribution in [3.05, 3.63) is 51.5 Å². The van der Waals surface area contributed by atoms with Crippen LogP contribution in [-0.2, 0) is 19.6 Å². The molecule has 0 spiro atoms. The molecular weight excluding hydrogens is 366 g/mol. The number of benzene rings is 1. The van der Waals surface area contributed by atoms with E-state index in [0.29, 0.717) is 13.1 Å². The van der Waals surface area contributed by atoms with Gasteiger partial charge in [0.25, 0.3) is 0 Å². The number of hydrogen-bond donors (Lipinski definition) is 2. The first-order valence-electron chi connectivity index (χ1n) is 10.5. The van der Waals surface area contributed by atoms with Crippen molar-refractivity contribution in [1.82, 2.24) is 20.5 Å². The third-order valence-electron chi connectivity index (χ3n) is 5.04. The van der Waals surface area contributed by atoms with Crippen LogP contribution < -0.4 is 10.6 Å². The summed E-state index contributed by atoms with van der Waals surface area (Å²) < 4.78 is 0. The molecule has 1 aliphatic heterocycles. The van der Waals surface area contributed by atoms with Gasteiger partial charge in [0.15, 0.2) is 5.96 Å². The summed E-state index contributed by atoms with van der Waals surface area (Å²) in [5, 5.41) is 7.84. The first kappa shape index (κ1) is 20.8. The van der Waals surface area contributed by atoms with Gasteiger partial charge in [-0.05, 0) is 50.9 Å². The Bertz CT molecular complexity index is 747. The number of nitrogens with one attached hydrogen (secondary N) is 2. The van der Waals surface area contributed by atoms with Crippen molar-refractivity contribution in [3.8, 4) is 0 Å². The van der Waals surface area contributed by atoms with Gasteiger partial charge in [0.05, 0.1) is 13.1 Å². The maximum absolute atomic E-state index is 4.83. The van der Waals surface area contributed by atoms with Crippen LogP contribution in [0.1, 0.15) is 53.6 Å². The third-order valence-corrected chi connectivity index (χ3v) is 5.95. The summed E-state index contributed by atoms with van der Waals surface area (Å²) >= 11 is 1.72. The van der Waals surface area contributed by atoms with E-state index in [9.17, 15) is 0 Å². The Morgan fingerprint density at radius 2 is 1.86 bits per heavy atom. The first-order chi connectivity index (χ1) is 13.7. The van der Waals surface area contributed by atoms with Crippen molar-refractivity contribution < 1.29 is 0 Å². The lowest BCUT2D eigenvalue weighted by atomic mass is 10.1. The Kier molecular flexibility index (Phi) is 8.30. The minimum Gasteiger partial charge on any atom is -0.357 e. The second-order valence-corrected chi connectivity index (χ2v) is 8.69. The van der Waals surface area contributed by atoms with Gasteiger partial charge in [-0.1, -0.05) is 37.1 Å².